The molecule has 0 aliphatic heterocycles. The van der Waals surface area contributed by atoms with Gasteiger partial charge in [-0.05, 0) is 18.3 Å². The summed E-state index contributed by atoms with van der Waals surface area (Å²) in [6, 6.07) is 0. The summed E-state index contributed by atoms with van der Waals surface area (Å²) in [4.78, 5) is 0. The van der Waals surface area contributed by atoms with Crippen molar-refractivity contribution in [3.8, 4) is 0 Å². The third kappa shape index (κ3) is 6.42. The molecule has 0 aromatic heterocycles. The minimum Gasteiger partial charge on any atom is -0.393 e. The Bertz CT molecular complexity index is 120. The van der Waals surface area contributed by atoms with E-state index >= 15 is 0 Å². The van der Waals surface area contributed by atoms with Gasteiger partial charge in [0, 0.05) is 0 Å². The first kappa shape index (κ1) is 14.0. The molecule has 0 fully saturated rings. The Kier molecular flexibility index (Phi) is 8.26. The standard InChI is InChI=1S/C13H28O/c1-5-6-7-8-9-10-12(4)13(14)11(2)3/h11-14H,5-10H2,1-4H3. The molecule has 0 aliphatic rings. The fourth-order valence-corrected chi connectivity index (χ4v) is 1.90. The fraction of sp³-hybridized carbons (Fsp3) is 1.00. The number of aliphatic hydroxyl groups excluding tert-OH is 1. The van der Waals surface area contributed by atoms with Gasteiger partial charge in [-0.25, -0.2) is 0 Å². The zero-order chi connectivity index (χ0) is 11.0. The Balaban J connectivity index is 3.39. The molecule has 0 bridgehead atoms. The highest BCUT2D eigenvalue weighted by molar-refractivity contribution is 4.67. The van der Waals surface area contributed by atoms with Crippen molar-refractivity contribution in [3.63, 3.8) is 0 Å². The first-order valence-corrected chi connectivity index (χ1v) is 6.27. The number of hydrogen-bond donors (Lipinski definition) is 1. The van der Waals surface area contributed by atoms with Crippen molar-refractivity contribution in [2.24, 2.45) is 11.8 Å². The summed E-state index contributed by atoms with van der Waals surface area (Å²) in [5, 5.41) is 9.80. The summed E-state index contributed by atoms with van der Waals surface area (Å²) in [6.07, 6.45) is 7.73. The average molecular weight is 200 g/mol. The molecule has 0 rings (SSSR count). The predicted octanol–water partition coefficient (Wildman–Crippen LogP) is 4.00. The van der Waals surface area contributed by atoms with E-state index in [4.69, 9.17) is 0 Å². The molecule has 0 radical (unpaired) electrons. The van der Waals surface area contributed by atoms with Gasteiger partial charge in [-0.15, -0.1) is 0 Å². The molecule has 86 valence electrons. The largest absolute Gasteiger partial charge is 0.393 e. The fourth-order valence-electron chi connectivity index (χ4n) is 1.90. The Morgan fingerprint density at radius 3 is 2.00 bits per heavy atom. The van der Waals surface area contributed by atoms with Crippen molar-refractivity contribution in [1.29, 1.82) is 0 Å². The maximum absolute atomic E-state index is 9.80. The van der Waals surface area contributed by atoms with Crippen LogP contribution >= 0.6 is 0 Å². The Labute approximate surface area is 89.9 Å². The van der Waals surface area contributed by atoms with Crippen molar-refractivity contribution < 1.29 is 5.11 Å². The molecule has 1 heteroatoms. The molecule has 0 aromatic carbocycles. The van der Waals surface area contributed by atoms with E-state index in [-0.39, 0.29) is 6.10 Å². The summed E-state index contributed by atoms with van der Waals surface area (Å²) >= 11 is 0. The topological polar surface area (TPSA) is 20.2 Å². The number of hydrogen-bond acceptors (Lipinski definition) is 1. The van der Waals surface area contributed by atoms with Gasteiger partial charge in [0.25, 0.3) is 0 Å². The third-order valence-corrected chi connectivity index (χ3v) is 3.03. The summed E-state index contributed by atoms with van der Waals surface area (Å²) < 4.78 is 0. The molecule has 0 saturated carbocycles. The van der Waals surface area contributed by atoms with Gasteiger partial charge in [-0.3, -0.25) is 0 Å². The molecule has 1 N–H and O–H groups in total. The molecule has 0 aromatic rings. The highest BCUT2D eigenvalue weighted by Gasteiger charge is 2.16. The van der Waals surface area contributed by atoms with Gasteiger partial charge in [0.05, 0.1) is 6.10 Å². The summed E-state index contributed by atoms with van der Waals surface area (Å²) in [7, 11) is 0. The van der Waals surface area contributed by atoms with Crippen molar-refractivity contribution in [2.75, 3.05) is 0 Å². The zero-order valence-corrected chi connectivity index (χ0v) is 10.4. The Morgan fingerprint density at radius 1 is 0.929 bits per heavy atom. The second kappa shape index (κ2) is 8.28. The second-order valence-electron chi connectivity index (χ2n) is 4.91. The van der Waals surface area contributed by atoms with Crippen molar-refractivity contribution in [3.05, 3.63) is 0 Å². The molecule has 14 heavy (non-hydrogen) atoms. The van der Waals surface area contributed by atoms with E-state index in [1.807, 2.05) is 0 Å². The first-order chi connectivity index (χ1) is 6.59. The zero-order valence-electron chi connectivity index (χ0n) is 10.4. The van der Waals surface area contributed by atoms with Crippen LogP contribution in [0.5, 0.6) is 0 Å². The van der Waals surface area contributed by atoms with Gasteiger partial charge in [-0.2, -0.15) is 0 Å². The lowest BCUT2D eigenvalue weighted by atomic mass is 9.90. The monoisotopic (exact) mass is 200 g/mol. The Hall–Kier alpha value is -0.0400. The lowest BCUT2D eigenvalue weighted by Crippen LogP contribution is -2.23. The van der Waals surface area contributed by atoms with Crippen LogP contribution in [0.15, 0.2) is 0 Å². The predicted molar refractivity (Wildman–Crippen MR) is 63.4 cm³/mol. The smallest absolute Gasteiger partial charge is 0.0588 e. The normalized spacial score (nSPS) is 15.9. The lowest BCUT2D eigenvalue weighted by Gasteiger charge is -2.21. The molecule has 0 spiro atoms. The van der Waals surface area contributed by atoms with Crippen LogP contribution in [0.4, 0.5) is 0 Å². The SMILES string of the molecule is CCCCCCCC(C)C(O)C(C)C. The van der Waals surface area contributed by atoms with Gasteiger partial charge >= 0.3 is 0 Å². The summed E-state index contributed by atoms with van der Waals surface area (Å²) in [5.41, 5.74) is 0. The van der Waals surface area contributed by atoms with Gasteiger partial charge in [0.1, 0.15) is 0 Å². The molecule has 2 unspecified atom stereocenters. The summed E-state index contributed by atoms with van der Waals surface area (Å²) in [5.74, 6) is 0.872. The van der Waals surface area contributed by atoms with Crippen LogP contribution in [-0.2, 0) is 0 Å². The molecule has 2 atom stereocenters. The van der Waals surface area contributed by atoms with Gasteiger partial charge < -0.3 is 5.11 Å². The lowest BCUT2D eigenvalue weighted by molar-refractivity contribution is 0.0672. The van der Waals surface area contributed by atoms with E-state index in [0.717, 1.165) is 0 Å². The van der Waals surface area contributed by atoms with Crippen molar-refractivity contribution >= 4 is 0 Å². The molecule has 0 heterocycles. The van der Waals surface area contributed by atoms with Crippen LogP contribution in [0.3, 0.4) is 0 Å². The maximum Gasteiger partial charge on any atom is 0.0588 e. The van der Waals surface area contributed by atoms with Crippen LogP contribution in [0.25, 0.3) is 0 Å². The third-order valence-electron chi connectivity index (χ3n) is 3.03. The van der Waals surface area contributed by atoms with E-state index in [2.05, 4.69) is 27.7 Å². The van der Waals surface area contributed by atoms with Crippen LogP contribution < -0.4 is 0 Å². The van der Waals surface area contributed by atoms with E-state index in [0.29, 0.717) is 11.8 Å². The number of unbranched alkanes of at least 4 members (excludes halogenated alkanes) is 4. The van der Waals surface area contributed by atoms with E-state index in [1.54, 1.807) is 0 Å². The van der Waals surface area contributed by atoms with Crippen molar-refractivity contribution in [1.82, 2.24) is 0 Å². The van der Waals surface area contributed by atoms with E-state index in [1.165, 1.54) is 38.5 Å². The molecular weight excluding hydrogens is 172 g/mol. The number of rotatable bonds is 8. The number of aliphatic hydroxyl groups is 1. The summed E-state index contributed by atoms with van der Waals surface area (Å²) in [6.45, 7) is 8.60. The molecule has 0 aliphatic carbocycles. The quantitative estimate of drug-likeness (QED) is 0.587. The van der Waals surface area contributed by atoms with Crippen LogP contribution in [0, 0.1) is 11.8 Å². The van der Waals surface area contributed by atoms with Crippen molar-refractivity contribution in [2.45, 2.75) is 72.3 Å². The molecule has 1 nitrogen and oxygen atoms in total. The van der Waals surface area contributed by atoms with Crippen LogP contribution in [0.1, 0.15) is 66.2 Å². The second-order valence-corrected chi connectivity index (χ2v) is 4.91. The highest BCUT2D eigenvalue weighted by Crippen LogP contribution is 2.19. The highest BCUT2D eigenvalue weighted by atomic mass is 16.3. The molecular formula is C13H28O. The van der Waals surface area contributed by atoms with Crippen LogP contribution in [-0.4, -0.2) is 11.2 Å². The van der Waals surface area contributed by atoms with Gasteiger partial charge in [0.15, 0.2) is 0 Å². The Morgan fingerprint density at radius 2 is 1.50 bits per heavy atom. The first-order valence-electron chi connectivity index (χ1n) is 6.27. The van der Waals surface area contributed by atoms with Gasteiger partial charge in [0.2, 0.25) is 0 Å². The molecule has 0 saturated heterocycles. The molecule has 0 amide bonds. The average Bonchev–Trinajstić information content (AvgIpc) is 2.16. The van der Waals surface area contributed by atoms with Gasteiger partial charge in [-0.1, -0.05) is 59.8 Å². The minimum atomic E-state index is -0.110. The van der Waals surface area contributed by atoms with Crippen LogP contribution in [0.2, 0.25) is 0 Å². The van der Waals surface area contributed by atoms with E-state index < -0.39 is 0 Å². The maximum atomic E-state index is 9.80. The van der Waals surface area contributed by atoms with E-state index in [9.17, 15) is 5.11 Å². The minimum absolute atomic E-state index is 0.110.